The Kier molecular flexibility index (Phi) is 2.60. The molecule has 2 aromatic rings. The van der Waals surface area contributed by atoms with Crippen LogP contribution in [0.5, 0.6) is 0 Å². The summed E-state index contributed by atoms with van der Waals surface area (Å²) in [5, 5.41) is 10.4. The molecule has 0 radical (unpaired) electrons. The molecular formula is C9H13N5. The van der Waals surface area contributed by atoms with Crippen LogP contribution < -0.4 is 10.6 Å². The molecule has 2 rings (SSSR count). The van der Waals surface area contributed by atoms with E-state index in [0.717, 1.165) is 18.7 Å². The summed E-state index contributed by atoms with van der Waals surface area (Å²) in [7, 11) is 1.92. The number of anilines is 1. The fourth-order valence-corrected chi connectivity index (χ4v) is 1.21. The Hall–Kier alpha value is -1.62. The van der Waals surface area contributed by atoms with Crippen LogP contribution in [0.3, 0.4) is 0 Å². The highest BCUT2D eigenvalue weighted by atomic mass is 15.3. The van der Waals surface area contributed by atoms with Gasteiger partial charge in [0.05, 0.1) is 0 Å². The van der Waals surface area contributed by atoms with Gasteiger partial charge in [0, 0.05) is 19.3 Å². The molecule has 0 spiro atoms. The first-order chi connectivity index (χ1) is 6.90. The smallest absolute Gasteiger partial charge is 0.243 e. The van der Waals surface area contributed by atoms with Gasteiger partial charge in [0.15, 0.2) is 5.65 Å². The van der Waals surface area contributed by atoms with Crippen molar-refractivity contribution in [3.05, 3.63) is 24.4 Å². The van der Waals surface area contributed by atoms with Crippen molar-refractivity contribution >= 4 is 11.6 Å². The molecule has 2 heterocycles. The molecule has 0 atom stereocenters. The van der Waals surface area contributed by atoms with Gasteiger partial charge in [-0.2, -0.15) is 4.98 Å². The number of pyridine rings is 1. The quantitative estimate of drug-likeness (QED) is 0.685. The molecule has 0 saturated carbocycles. The predicted octanol–water partition coefficient (Wildman–Crippen LogP) is 0.361. The number of fused-ring (bicyclic) bond motifs is 1. The summed E-state index contributed by atoms with van der Waals surface area (Å²) in [6.45, 7) is 1.73. The largest absolute Gasteiger partial charge is 0.352 e. The number of hydrogen-bond donors (Lipinski definition) is 2. The van der Waals surface area contributed by atoms with Crippen molar-refractivity contribution in [3.8, 4) is 0 Å². The van der Waals surface area contributed by atoms with Gasteiger partial charge in [-0.05, 0) is 19.2 Å². The van der Waals surface area contributed by atoms with Gasteiger partial charge in [-0.3, -0.25) is 0 Å². The Morgan fingerprint density at radius 2 is 2.29 bits per heavy atom. The van der Waals surface area contributed by atoms with Gasteiger partial charge in [-0.1, -0.05) is 6.07 Å². The average Bonchev–Trinajstić information content (AvgIpc) is 2.60. The van der Waals surface area contributed by atoms with Crippen molar-refractivity contribution in [1.82, 2.24) is 19.9 Å². The standard InChI is InChI=1S/C9H13N5/c1-10-5-6-11-9-12-8-4-2-3-7-14(8)13-9/h2-4,7,10H,5-6H2,1H3,(H,11,13). The highest BCUT2D eigenvalue weighted by molar-refractivity contribution is 5.42. The third kappa shape index (κ3) is 1.82. The van der Waals surface area contributed by atoms with Crippen molar-refractivity contribution in [3.63, 3.8) is 0 Å². The lowest BCUT2D eigenvalue weighted by Crippen LogP contribution is -2.18. The van der Waals surface area contributed by atoms with Gasteiger partial charge in [0.25, 0.3) is 0 Å². The van der Waals surface area contributed by atoms with E-state index in [2.05, 4.69) is 20.7 Å². The van der Waals surface area contributed by atoms with E-state index in [1.54, 1.807) is 4.52 Å². The molecule has 0 aromatic carbocycles. The molecule has 0 fully saturated rings. The molecule has 0 aliphatic carbocycles. The fraction of sp³-hybridized carbons (Fsp3) is 0.333. The molecule has 0 bridgehead atoms. The first kappa shape index (κ1) is 8.96. The number of nitrogens with one attached hydrogen (secondary N) is 2. The van der Waals surface area contributed by atoms with Crippen molar-refractivity contribution in [2.24, 2.45) is 0 Å². The molecule has 0 unspecified atom stereocenters. The Balaban J connectivity index is 2.11. The van der Waals surface area contributed by atoms with E-state index >= 15 is 0 Å². The molecule has 0 aliphatic rings. The minimum atomic E-state index is 0.673. The lowest BCUT2D eigenvalue weighted by atomic mass is 10.5. The van der Waals surface area contributed by atoms with Crippen LogP contribution in [0, 0.1) is 0 Å². The Morgan fingerprint density at radius 1 is 1.36 bits per heavy atom. The van der Waals surface area contributed by atoms with E-state index in [0.29, 0.717) is 5.95 Å². The summed E-state index contributed by atoms with van der Waals surface area (Å²) in [6, 6.07) is 5.80. The first-order valence-corrected chi connectivity index (χ1v) is 4.60. The normalized spacial score (nSPS) is 10.6. The molecule has 14 heavy (non-hydrogen) atoms. The molecule has 74 valence electrons. The molecule has 2 N–H and O–H groups in total. The van der Waals surface area contributed by atoms with Gasteiger partial charge >= 0.3 is 0 Å². The van der Waals surface area contributed by atoms with E-state index in [1.807, 2.05) is 31.4 Å². The van der Waals surface area contributed by atoms with Crippen LogP contribution >= 0.6 is 0 Å². The topological polar surface area (TPSA) is 54.2 Å². The minimum absolute atomic E-state index is 0.673. The summed E-state index contributed by atoms with van der Waals surface area (Å²) in [5.74, 6) is 0.673. The second kappa shape index (κ2) is 4.06. The number of aromatic nitrogens is 3. The van der Waals surface area contributed by atoms with Crippen LogP contribution in [0.15, 0.2) is 24.4 Å². The summed E-state index contributed by atoms with van der Waals surface area (Å²) in [6.07, 6.45) is 1.88. The molecular weight excluding hydrogens is 178 g/mol. The van der Waals surface area contributed by atoms with Crippen molar-refractivity contribution in [2.75, 3.05) is 25.5 Å². The van der Waals surface area contributed by atoms with Crippen LogP contribution in [0.25, 0.3) is 5.65 Å². The number of likely N-dealkylation sites (N-methyl/N-ethyl adjacent to an activating group) is 1. The van der Waals surface area contributed by atoms with E-state index in [-0.39, 0.29) is 0 Å². The predicted molar refractivity (Wildman–Crippen MR) is 55.4 cm³/mol. The highest BCUT2D eigenvalue weighted by Gasteiger charge is 1.99. The van der Waals surface area contributed by atoms with Crippen molar-refractivity contribution in [2.45, 2.75) is 0 Å². The Labute approximate surface area is 82.2 Å². The number of rotatable bonds is 4. The minimum Gasteiger partial charge on any atom is -0.352 e. The van der Waals surface area contributed by atoms with E-state index < -0.39 is 0 Å². The molecule has 5 heteroatoms. The van der Waals surface area contributed by atoms with Crippen LogP contribution in [-0.4, -0.2) is 34.7 Å². The SMILES string of the molecule is CNCCNc1nc2ccccn2n1. The zero-order chi connectivity index (χ0) is 9.80. The lowest BCUT2D eigenvalue weighted by Gasteiger charge is -1.98. The fourth-order valence-electron chi connectivity index (χ4n) is 1.21. The summed E-state index contributed by atoms with van der Waals surface area (Å²) < 4.78 is 1.75. The highest BCUT2D eigenvalue weighted by Crippen LogP contribution is 2.03. The maximum absolute atomic E-state index is 4.30. The maximum atomic E-state index is 4.30. The van der Waals surface area contributed by atoms with Crippen LogP contribution in [0.2, 0.25) is 0 Å². The maximum Gasteiger partial charge on any atom is 0.243 e. The van der Waals surface area contributed by atoms with E-state index in [9.17, 15) is 0 Å². The van der Waals surface area contributed by atoms with Gasteiger partial charge in [0.2, 0.25) is 5.95 Å². The Morgan fingerprint density at radius 3 is 3.07 bits per heavy atom. The third-order valence-electron chi connectivity index (χ3n) is 1.90. The molecule has 0 amide bonds. The van der Waals surface area contributed by atoms with Crippen molar-refractivity contribution < 1.29 is 0 Å². The number of hydrogen-bond acceptors (Lipinski definition) is 4. The third-order valence-corrected chi connectivity index (χ3v) is 1.90. The first-order valence-electron chi connectivity index (χ1n) is 4.60. The second-order valence-corrected chi connectivity index (χ2v) is 2.97. The summed E-state index contributed by atoms with van der Waals surface area (Å²) >= 11 is 0. The lowest BCUT2D eigenvalue weighted by molar-refractivity contribution is 0.816. The summed E-state index contributed by atoms with van der Waals surface area (Å²) in [5.41, 5.74) is 0.861. The number of nitrogens with zero attached hydrogens (tertiary/aromatic N) is 3. The zero-order valence-corrected chi connectivity index (χ0v) is 8.07. The van der Waals surface area contributed by atoms with Gasteiger partial charge in [0.1, 0.15) is 0 Å². The summed E-state index contributed by atoms with van der Waals surface area (Å²) in [4.78, 5) is 4.30. The molecule has 2 aromatic heterocycles. The van der Waals surface area contributed by atoms with Gasteiger partial charge < -0.3 is 10.6 Å². The molecule has 0 saturated heterocycles. The molecule has 0 aliphatic heterocycles. The average molecular weight is 191 g/mol. The van der Waals surface area contributed by atoms with E-state index in [1.165, 1.54) is 0 Å². The van der Waals surface area contributed by atoms with Crippen molar-refractivity contribution in [1.29, 1.82) is 0 Å². The van der Waals surface area contributed by atoms with Crippen LogP contribution in [0.1, 0.15) is 0 Å². The zero-order valence-electron chi connectivity index (χ0n) is 8.07. The van der Waals surface area contributed by atoms with Gasteiger partial charge in [-0.15, -0.1) is 5.10 Å². The molecule has 5 nitrogen and oxygen atoms in total. The van der Waals surface area contributed by atoms with Gasteiger partial charge in [-0.25, -0.2) is 4.52 Å². The Bertz CT molecular complexity index is 375. The van der Waals surface area contributed by atoms with Crippen LogP contribution in [-0.2, 0) is 0 Å². The monoisotopic (exact) mass is 191 g/mol. The van der Waals surface area contributed by atoms with Crippen LogP contribution in [0.4, 0.5) is 5.95 Å². The second-order valence-electron chi connectivity index (χ2n) is 2.97. The van der Waals surface area contributed by atoms with E-state index in [4.69, 9.17) is 0 Å².